The molecular formula is C22H35N3O3. The maximum Gasteiger partial charge on any atom is 0.225 e. The summed E-state index contributed by atoms with van der Waals surface area (Å²) in [6.07, 6.45) is 5.51. The molecule has 2 aliphatic heterocycles. The van der Waals surface area contributed by atoms with Crippen molar-refractivity contribution in [3.8, 4) is 0 Å². The summed E-state index contributed by atoms with van der Waals surface area (Å²) < 4.78 is 11.2. The van der Waals surface area contributed by atoms with Crippen LogP contribution >= 0.6 is 0 Å². The second kappa shape index (κ2) is 9.42. The highest BCUT2D eigenvalue weighted by atomic mass is 16.5. The van der Waals surface area contributed by atoms with Gasteiger partial charge in [-0.1, -0.05) is 0 Å². The molecule has 6 heteroatoms. The lowest BCUT2D eigenvalue weighted by atomic mass is 10.0. The third-order valence-electron chi connectivity index (χ3n) is 6.28. The van der Waals surface area contributed by atoms with Crippen LogP contribution in [0.25, 0.3) is 0 Å². The van der Waals surface area contributed by atoms with Gasteiger partial charge in [-0.25, -0.2) is 0 Å². The quantitative estimate of drug-likeness (QED) is 0.684. The number of piperidine rings is 1. The molecule has 0 spiro atoms. The number of ether oxygens (including phenoxy) is 1. The Bertz CT molecular complexity index is 637. The van der Waals surface area contributed by atoms with Crippen LogP contribution in [0.4, 0.5) is 0 Å². The molecule has 3 heterocycles. The maximum atomic E-state index is 13.0. The zero-order valence-corrected chi connectivity index (χ0v) is 17.3. The fourth-order valence-electron chi connectivity index (χ4n) is 4.55. The van der Waals surface area contributed by atoms with Gasteiger partial charge in [-0.2, -0.15) is 0 Å². The molecule has 28 heavy (non-hydrogen) atoms. The van der Waals surface area contributed by atoms with Crippen molar-refractivity contribution in [2.24, 2.45) is 5.92 Å². The lowest BCUT2D eigenvalue weighted by molar-refractivity contribution is -0.136. The number of nitrogens with zero attached hydrogens (tertiary/aromatic N) is 3. The first-order chi connectivity index (χ1) is 13.7. The predicted octanol–water partition coefficient (Wildman–Crippen LogP) is 2.51. The molecule has 0 N–H and O–H groups in total. The van der Waals surface area contributed by atoms with Crippen molar-refractivity contribution in [1.29, 1.82) is 0 Å². The molecule has 2 saturated heterocycles. The minimum atomic E-state index is 0.298. The topological polar surface area (TPSA) is 49.2 Å². The number of rotatable bonds is 8. The van der Waals surface area contributed by atoms with Crippen molar-refractivity contribution in [2.45, 2.75) is 51.6 Å². The number of hydrogen-bond donors (Lipinski definition) is 0. The molecule has 1 atom stereocenters. The summed E-state index contributed by atoms with van der Waals surface area (Å²) >= 11 is 0. The van der Waals surface area contributed by atoms with Crippen LogP contribution < -0.4 is 0 Å². The first-order valence-corrected chi connectivity index (χ1v) is 11.1. The van der Waals surface area contributed by atoms with Crippen molar-refractivity contribution in [1.82, 2.24) is 14.7 Å². The van der Waals surface area contributed by atoms with Gasteiger partial charge in [0.2, 0.25) is 5.91 Å². The molecular weight excluding hydrogens is 354 g/mol. The lowest BCUT2D eigenvalue weighted by Crippen LogP contribution is -2.51. The van der Waals surface area contributed by atoms with Crippen molar-refractivity contribution in [2.75, 3.05) is 52.5 Å². The van der Waals surface area contributed by atoms with Crippen LogP contribution in [0, 0.1) is 12.8 Å². The number of hydrogen-bond acceptors (Lipinski definition) is 5. The van der Waals surface area contributed by atoms with E-state index < -0.39 is 0 Å². The van der Waals surface area contributed by atoms with E-state index in [4.69, 9.17) is 9.15 Å². The highest BCUT2D eigenvalue weighted by Crippen LogP contribution is 2.33. The Balaban J connectivity index is 1.32. The van der Waals surface area contributed by atoms with E-state index in [1.807, 2.05) is 13.0 Å². The minimum absolute atomic E-state index is 0.298. The molecule has 1 saturated carbocycles. The average molecular weight is 390 g/mol. The van der Waals surface area contributed by atoms with Crippen molar-refractivity contribution >= 4 is 5.91 Å². The number of likely N-dealkylation sites (tertiary alicyclic amines) is 1. The Labute approximate surface area is 168 Å². The molecule has 1 unspecified atom stereocenters. The molecule has 0 radical (unpaired) electrons. The predicted molar refractivity (Wildman–Crippen MR) is 108 cm³/mol. The minimum Gasteiger partial charge on any atom is -0.465 e. The summed E-state index contributed by atoms with van der Waals surface area (Å²) in [6, 6.07) is 4.46. The van der Waals surface area contributed by atoms with Gasteiger partial charge in [0, 0.05) is 44.7 Å². The van der Waals surface area contributed by atoms with E-state index in [0.29, 0.717) is 17.9 Å². The summed E-state index contributed by atoms with van der Waals surface area (Å²) in [6.45, 7) is 10.6. The molecule has 1 aliphatic carbocycles. The van der Waals surface area contributed by atoms with E-state index in [0.717, 1.165) is 103 Å². The van der Waals surface area contributed by atoms with Crippen LogP contribution in [-0.2, 0) is 16.1 Å². The summed E-state index contributed by atoms with van der Waals surface area (Å²) in [5.41, 5.74) is 0. The largest absolute Gasteiger partial charge is 0.465 e. The van der Waals surface area contributed by atoms with E-state index in [-0.39, 0.29) is 0 Å². The van der Waals surface area contributed by atoms with Gasteiger partial charge in [0.25, 0.3) is 0 Å². The zero-order valence-electron chi connectivity index (χ0n) is 17.3. The molecule has 3 fully saturated rings. The smallest absolute Gasteiger partial charge is 0.225 e. The van der Waals surface area contributed by atoms with Gasteiger partial charge >= 0.3 is 0 Å². The monoisotopic (exact) mass is 389 g/mol. The normalized spacial score (nSPS) is 24.4. The Morgan fingerprint density at radius 3 is 2.68 bits per heavy atom. The average Bonchev–Trinajstić information content (AvgIpc) is 3.48. The third kappa shape index (κ3) is 5.37. The van der Waals surface area contributed by atoms with Gasteiger partial charge in [-0.05, 0) is 57.7 Å². The standard InChI is InChI=1S/C22H35N3O3/c1-18-5-8-21(28-18)17-24-9-2-4-20(16-24)25(22(26)19-6-7-19)11-3-10-23-12-14-27-15-13-23/h5,8,19-20H,2-4,6-7,9-17H2,1H3. The van der Waals surface area contributed by atoms with Crippen molar-refractivity contribution in [3.63, 3.8) is 0 Å². The summed E-state index contributed by atoms with van der Waals surface area (Å²) in [5, 5.41) is 0. The Morgan fingerprint density at radius 1 is 1.14 bits per heavy atom. The van der Waals surface area contributed by atoms with Crippen LogP contribution in [0.5, 0.6) is 0 Å². The van der Waals surface area contributed by atoms with Crippen LogP contribution in [0.1, 0.15) is 43.6 Å². The zero-order chi connectivity index (χ0) is 19.3. The molecule has 0 bridgehead atoms. The highest BCUT2D eigenvalue weighted by molar-refractivity contribution is 5.81. The van der Waals surface area contributed by atoms with Gasteiger partial charge in [-0.15, -0.1) is 0 Å². The molecule has 6 nitrogen and oxygen atoms in total. The molecule has 3 aliphatic rings. The number of carbonyl (C=O) groups excluding carboxylic acids is 1. The Hall–Kier alpha value is -1.37. The number of morpholine rings is 1. The summed E-state index contributed by atoms with van der Waals surface area (Å²) in [4.78, 5) is 20.2. The molecule has 1 aromatic rings. The number of carbonyl (C=O) groups is 1. The first kappa shape index (κ1) is 19.9. The van der Waals surface area contributed by atoms with Gasteiger partial charge in [0.1, 0.15) is 11.5 Å². The van der Waals surface area contributed by atoms with Crippen molar-refractivity contribution < 1.29 is 13.9 Å². The number of amides is 1. The SMILES string of the molecule is Cc1ccc(CN2CCCC(N(CCCN3CCOCC3)C(=O)C3CC3)C2)o1. The summed E-state index contributed by atoms with van der Waals surface area (Å²) in [7, 11) is 0. The number of aryl methyl sites for hydroxylation is 1. The number of furan rings is 1. The molecule has 0 aromatic carbocycles. The second-order valence-electron chi connectivity index (χ2n) is 8.66. The molecule has 1 aromatic heterocycles. The van der Waals surface area contributed by atoms with Gasteiger partial charge in [0.15, 0.2) is 0 Å². The maximum absolute atomic E-state index is 13.0. The van der Waals surface area contributed by atoms with Gasteiger partial charge in [0.05, 0.1) is 19.8 Å². The second-order valence-corrected chi connectivity index (χ2v) is 8.66. The fraction of sp³-hybridized carbons (Fsp3) is 0.773. The first-order valence-electron chi connectivity index (χ1n) is 11.1. The van der Waals surface area contributed by atoms with E-state index in [1.54, 1.807) is 0 Å². The molecule has 4 rings (SSSR count). The van der Waals surface area contributed by atoms with Gasteiger partial charge < -0.3 is 14.1 Å². The van der Waals surface area contributed by atoms with Crippen LogP contribution in [0.15, 0.2) is 16.5 Å². The van der Waals surface area contributed by atoms with Crippen molar-refractivity contribution in [3.05, 3.63) is 23.7 Å². The molecule has 1 amide bonds. The van der Waals surface area contributed by atoms with Crippen LogP contribution in [0.2, 0.25) is 0 Å². The van der Waals surface area contributed by atoms with Gasteiger partial charge in [-0.3, -0.25) is 14.6 Å². The molecule has 156 valence electrons. The lowest BCUT2D eigenvalue weighted by Gasteiger charge is -2.40. The van der Waals surface area contributed by atoms with E-state index >= 15 is 0 Å². The fourth-order valence-corrected chi connectivity index (χ4v) is 4.55. The van der Waals surface area contributed by atoms with E-state index in [2.05, 4.69) is 20.8 Å². The van der Waals surface area contributed by atoms with E-state index in [1.165, 1.54) is 0 Å². The van der Waals surface area contributed by atoms with E-state index in [9.17, 15) is 4.79 Å². The van der Waals surface area contributed by atoms with Crippen LogP contribution in [-0.4, -0.2) is 79.1 Å². The third-order valence-corrected chi connectivity index (χ3v) is 6.28. The highest BCUT2D eigenvalue weighted by Gasteiger charge is 2.37. The summed E-state index contributed by atoms with van der Waals surface area (Å²) in [5.74, 6) is 2.71. The Kier molecular flexibility index (Phi) is 6.70. The Morgan fingerprint density at radius 2 is 1.96 bits per heavy atom. The van der Waals surface area contributed by atoms with Crippen LogP contribution in [0.3, 0.4) is 0 Å².